The molecule has 2 rings (SSSR count). The Bertz CT molecular complexity index is 963. The van der Waals surface area contributed by atoms with E-state index >= 15 is 0 Å². The van der Waals surface area contributed by atoms with Crippen LogP contribution in [0.1, 0.15) is 69.4 Å². The second-order valence-corrected chi connectivity index (χ2v) is 8.74. The van der Waals surface area contributed by atoms with Gasteiger partial charge in [-0.1, -0.05) is 93.3 Å². The van der Waals surface area contributed by atoms with E-state index in [0.717, 1.165) is 43.2 Å². The fraction of sp³-hybridized carbons (Fsp3) is 0.448. The van der Waals surface area contributed by atoms with E-state index in [1.54, 1.807) is 24.3 Å². The van der Waals surface area contributed by atoms with Gasteiger partial charge in [-0.25, -0.2) is 9.59 Å². The molecule has 0 aromatic heterocycles. The molecule has 0 aliphatic heterocycles. The van der Waals surface area contributed by atoms with Gasteiger partial charge in [-0.15, -0.1) is 0 Å². The highest BCUT2D eigenvalue weighted by atomic mass is 16.6. The van der Waals surface area contributed by atoms with Crippen LogP contribution < -0.4 is 5.32 Å². The highest BCUT2D eigenvalue weighted by Crippen LogP contribution is 2.09. The molecule has 2 aromatic rings. The predicted molar refractivity (Wildman–Crippen MR) is 138 cm³/mol. The average molecular weight is 512 g/mol. The molecule has 1 atom stereocenters. The zero-order valence-corrected chi connectivity index (χ0v) is 21.5. The number of Topliss-reactive ketones (excluding diaryl/α,β-unsaturated/α-hetero) is 1. The number of hydrogen-bond donors (Lipinski definition) is 1. The fourth-order valence-electron chi connectivity index (χ4n) is 3.45. The first-order chi connectivity index (χ1) is 18.0. The molecule has 37 heavy (non-hydrogen) atoms. The maximum Gasteiger partial charge on any atom is 0.408 e. The van der Waals surface area contributed by atoms with Crippen LogP contribution in [-0.2, 0) is 41.8 Å². The predicted octanol–water partition coefficient (Wildman–Crippen LogP) is 5.28. The number of unbranched alkanes of at least 4 members (excludes halogenated alkanes) is 4. The van der Waals surface area contributed by atoms with Crippen molar-refractivity contribution in [1.82, 2.24) is 5.32 Å². The number of ether oxygens (including phenoxy) is 3. The zero-order chi connectivity index (χ0) is 26.7. The lowest BCUT2D eigenvalue weighted by molar-refractivity contribution is -0.153. The van der Waals surface area contributed by atoms with Crippen LogP contribution in [0.4, 0.5) is 4.79 Å². The van der Waals surface area contributed by atoms with E-state index in [0.29, 0.717) is 6.42 Å². The Morgan fingerprint density at radius 1 is 0.703 bits per heavy atom. The summed E-state index contributed by atoms with van der Waals surface area (Å²) in [6.07, 6.45) is 4.82. The Hall–Kier alpha value is -3.68. The topological polar surface area (TPSA) is 108 Å². The minimum Gasteiger partial charge on any atom is -0.463 e. The van der Waals surface area contributed by atoms with Gasteiger partial charge in [-0.3, -0.25) is 9.59 Å². The maximum absolute atomic E-state index is 12.7. The van der Waals surface area contributed by atoms with Crippen molar-refractivity contribution in [2.75, 3.05) is 6.61 Å². The van der Waals surface area contributed by atoms with Gasteiger partial charge in [-0.2, -0.15) is 0 Å². The molecule has 1 unspecified atom stereocenters. The molecule has 0 spiro atoms. The molecule has 0 saturated heterocycles. The van der Waals surface area contributed by atoms with Gasteiger partial charge in [0.1, 0.15) is 25.6 Å². The Balaban J connectivity index is 1.82. The second-order valence-electron chi connectivity index (χ2n) is 8.74. The molecule has 8 heteroatoms. The smallest absolute Gasteiger partial charge is 0.408 e. The summed E-state index contributed by atoms with van der Waals surface area (Å²) in [5.41, 5.74) is 1.55. The van der Waals surface area contributed by atoms with Crippen molar-refractivity contribution in [3.05, 3.63) is 71.8 Å². The number of ketones is 1. The Labute approximate surface area is 218 Å². The number of esters is 2. The van der Waals surface area contributed by atoms with Crippen molar-refractivity contribution >= 4 is 23.8 Å². The van der Waals surface area contributed by atoms with Gasteiger partial charge in [-0.05, 0) is 17.5 Å². The van der Waals surface area contributed by atoms with Gasteiger partial charge >= 0.3 is 18.0 Å². The number of carbonyl (C=O) groups is 4. The molecule has 0 bridgehead atoms. The molecule has 0 heterocycles. The Morgan fingerprint density at radius 2 is 1.30 bits per heavy atom. The van der Waals surface area contributed by atoms with E-state index in [9.17, 15) is 19.2 Å². The number of nitrogens with one attached hydrogen (secondary N) is 1. The number of carbonyl (C=O) groups excluding carboxylic acids is 4. The summed E-state index contributed by atoms with van der Waals surface area (Å²) >= 11 is 0. The molecular formula is C29H37NO7. The van der Waals surface area contributed by atoms with Crippen LogP contribution in [-0.4, -0.2) is 36.5 Å². The van der Waals surface area contributed by atoms with Crippen molar-refractivity contribution in [2.45, 2.75) is 77.5 Å². The largest absolute Gasteiger partial charge is 0.463 e. The highest BCUT2D eigenvalue weighted by Gasteiger charge is 2.25. The van der Waals surface area contributed by atoms with E-state index < -0.39 is 30.7 Å². The molecule has 2 aromatic carbocycles. The first kappa shape index (κ1) is 29.5. The minimum atomic E-state index is -1.26. The van der Waals surface area contributed by atoms with Crippen LogP contribution in [0.3, 0.4) is 0 Å². The molecule has 1 amide bonds. The lowest BCUT2D eigenvalue weighted by Crippen LogP contribution is -2.45. The van der Waals surface area contributed by atoms with E-state index in [4.69, 9.17) is 14.2 Å². The third-order valence-corrected chi connectivity index (χ3v) is 5.59. The normalized spacial score (nSPS) is 11.3. The van der Waals surface area contributed by atoms with Gasteiger partial charge in [0, 0.05) is 12.8 Å². The van der Waals surface area contributed by atoms with Crippen LogP contribution in [0, 0.1) is 0 Å². The molecule has 8 nitrogen and oxygen atoms in total. The summed E-state index contributed by atoms with van der Waals surface area (Å²) in [7, 11) is 0. The molecule has 0 saturated carbocycles. The van der Waals surface area contributed by atoms with Crippen molar-refractivity contribution in [3.63, 3.8) is 0 Å². The molecule has 0 aliphatic rings. The van der Waals surface area contributed by atoms with Crippen LogP contribution in [0.5, 0.6) is 0 Å². The van der Waals surface area contributed by atoms with Gasteiger partial charge in [0.2, 0.25) is 0 Å². The van der Waals surface area contributed by atoms with E-state index in [-0.39, 0.29) is 31.8 Å². The molecule has 1 N–H and O–H groups in total. The van der Waals surface area contributed by atoms with Gasteiger partial charge in [0.15, 0.2) is 6.04 Å². The van der Waals surface area contributed by atoms with Crippen molar-refractivity contribution in [3.8, 4) is 0 Å². The molecule has 200 valence electrons. The zero-order valence-electron chi connectivity index (χ0n) is 21.5. The third kappa shape index (κ3) is 13.3. The molecule has 0 aliphatic carbocycles. The average Bonchev–Trinajstić information content (AvgIpc) is 2.92. The summed E-state index contributed by atoms with van der Waals surface area (Å²) in [5, 5.41) is 2.41. The van der Waals surface area contributed by atoms with E-state index in [1.165, 1.54) is 0 Å². The van der Waals surface area contributed by atoms with Crippen LogP contribution in [0.2, 0.25) is 0 Å². The lowest BCUT2D eigenvalue weighted by atomic mass is 10.1. The molecule has 0 fully saturated rings. The van der Waals surface area contributed by atoms with Crippen molar-refractivity contribution < 1.29 is 33.4 Å². The lowest BCUT2D eigenvalue weighted by Gasteiger charge is -2.18. The quantitative estimate of drug-likeness (QED) is 0.175. The summed E-state index contributed by atoms with van der Waals surface area (Å²) < 4.78 is 15.7. The fourth-order valence-corrected chi connectivity index (χ4v) is 3.45. The van der Waals surface area contributed by atoms with Crippen LogP contribution in [0.15, 0.2) is 60.7 Å². The number of alkyl carbamates (subject to hydrolysis) is 1. The number of rotatable bonds is 17. The summed E-state index contributed by atoms with van der Waals surface area (Å²) in [5.74, 6) is -1.38. The van der Waals surface area contributed by atoms with Gasteiger partial charge in [0.05, 0.1) is 6.42 Å². The number of benzene rings is 2. The standard InChI is InChI=1S/C29H37NO7/c1-2-3-4-5-12-17-25(31)18-19-27(32)35-22-26(28(33)36-20-23-13-8-6-9-14-23)30-29(34)37-21-24-15-10-7-11-16-24/h6-11,13-16,26H,2-5,12,17-22H2,1H3,(H,30,34). The second kappa shape index (κ2) is 17.7. The molecular weight excluding hydrogens is 474 g/mol. The van der Waals surface area contributed by atoms with E-state index in [2.05, 4.69) is 12.2 Å². The Kier molecular flexibility index (Phi) is 14.1. The summed E-state index contributed by atoms with van der Waals surface area (Å²) in [4.78, 5) is 49.2. The SMILES string of the molecule is CCCCCCCC(=O)CCC(=O)OCC(NC(=O)OCc1ccccc1)C(=O)OCc1ccccc1. The van der Waals surface area contributed by atoms with E-state index in [1.807, 2.05) is 36.4 Å². The number of amides is 1. The van der Waals surface area contributed by atoms with Crippen LogP contribution in [0.25, 0.3) is 0 Å². The Morgan fingerprint density at radius 3 is 1.92 bits per heavy atom. The monoisotopic (exact) mass is 511 g/mol. The van der Waals surface area contributed by atoms with Crippen LogP contribution >= 0.6 is 0 Å². The van der Waals surface area contributed by atoms with Gasteiger partial charge < -0.3 is 19.5 Å². The first-order valence-corrected chi connectivity index (χ1v) is 12.8. The maximum atomic E-state index is 12.7. The van der Waals surface area contributed by atoms with Crippen molar-refractivity contribution in [2.24, 2.45) is 0 Å². The van der Waals surface area contributed by atoms with Gasteiger partial charge in [0.25, 0.3) is 0 Å². The third-order valence-electron chi connectivity index (χ3n) is 5.59. The van der Waals surface area contributed by atoms with Crippen molar-refractivity contribution in [1.29, 1.82) is 0 Å². The highest BCUT2D eigenvalue weighted by molar-refractivity contribution is 5.84. The molecule has 0 radical (unpaired) electrons. The summed E-state index contributed by atoms with van der Waals surface area (Å²) in [6.45, 7) is 1.71. The summed E-state index contributed by atoms with van der Waals surface area (Å²) in [6, 6.07) is 16.9. The minimum absolute atomic E-state index is 0.00236. The first-order valence-electron chi connectivity index (χ1n) is 12.8. The number of hydrogen-bond acceptors (Lipinski definition) is 7.